The lowest BCUT2D eigenvalue weighted by Crippen LogP contribution is -2.51. The quantitative estimate of drug-likeness (QED) is 0.258. The summed E-state index contributed by atoms with van der Waals surface area (Å²) in [6.07, 6.45) is 17.5. The third-order valence-electron chi connectivity index (χ3n) is 11.4. The van der Waals surface area contributed by atoms with Crippen molar-refractivity contribution < 1.29 is 18.7 Å². The van der Waals surface area contributed by atoms with Gasteiger partial charge >= 0.3 is 6.16 Å². The number of carbonyl (C=O) groups is 1. The SMILES string of the molecule is CC(C)CCC[C@@H](C)[C@H]1CC[C@H]2[C@@H]3CC=C4C[C@@H](OC(=O)OCc5ccco5)CC[C@]4(C)[C@H]3CC[C@]12C. The third kappa shape index (κ3) is 5.28. The largest absolute Gasteiger partial charge is 0.509 e. The molecule has 4 aliphatic rings. The standard InChI is InChI=1S/C33H50O4/c1-22(2)8-6-9-23(3)28-13-14-29-27-12-11-24-20-25(37-31(34)36-21-26-10-7-19-35-26)15-17-32(24,4)30(27)16-18-33(28,29)5/h7,10-11,19,22-23,25,27-30H,6,8-9,12-18,20-21H2,1-5H3/t23-,25+,27+,28-,29+,30+,32+,33-/m1/s1. The summed E-state index contributed by atoms with van der Waals surface area (Å²) >= 11 is 0. The summed E-state index contributed by atoms with van der Waals surface area (Å²) in [4.78, 5) is 12.3. The monoisotopic (exact) mass is 510 g/mol. The van der Waals surface area contributed by atoms with Crippen LogP contribution in [0.3, 0.4) is 0 Å². The van der Waals surface area contributed by atoms with E-state index in [-0.39, 0.29) is 18.1 Å². The van der Waals surface area contributed by atoms with Crippen molar-refractivity contribution in [1.29, 1.82) is 0 Å². The van der Waals surface area contributed by atoms with E-state index in [1.54, 1.807) is 24.0 Å². The van der Waals surface area contributed by atoms with Crippen molar-refractivity contribution >= 4 is 6.16 Å². The maximum absolute atomic E-state index is 12.3. The second-order valence-electron chi connectivity index (χ2n) is 13.9. The minimum atomic E-state index is -0.577. The van der Waals surface area contributed by atoms with Crippen LogP contribution in [0, 0.1) is 46.3 Å². The molecule has 206 valence electrons. The smallest absolute Gasteiger partial charge is 0.466 e. The first-order valence-corrected chi connectivity index (χ1v) is 15.3. The van der Waals surface area contributed by atoms with E-state index in [4.69, 9.17) is 13.9 Å². The van der Waals surface area contributed by atoms with E-state index in [2.05, 4.69) is 40.7 Å². The highest BCUT2D eigenvalue weighted by molar-refractivity contribution is 5.60. The molecule has 1 aromatic heterocycles. The Balaban J connectivity index is 1.20. The van der Waals surface area contributed by atoms with Crippen molar-refractivity contribution in [2.45, 2.75) is 118 Å². The summed E-state index contributed by atoms with van der Waals surface area (Å²) in [6, 6.07) is 3.60. The van der Waals surface area contributed by atoms with Gasteiger partial charge in [0.2, 0.25) is 0 Å². The van der Waals surface area contributed by atoms with Gasteiger partial charge in [0, 0.05) is 6.42 Å². The maximum Gasteiger partial charge on any atom is 0.509 e. The normalized spacial score (nSPS) is 37.8. The molecule has 0 bridgehead atoms. The van der Waals surface area contributed by atoms with Crippen molar-refractivity contribution in [2.24, 2.45) is 46.3 Å². The van der Waals surface area contributed by atoms with Gasteiger partial charge in [0.25, 0.3) is 0 Å². The van der Waals surface area contributed by atoms with E-state index in [1.165, 1.54) is 51.4 Å². The average molecular weight is 511 g/mol. The van der Waals surface area contributed by atoms with E-state index in [0.29, 0.717) is 11.2 Å². The second-order valence-corrected chi connectivity index (χ2v) is 13.9. The first kappa shape index (κ1) is 26.9. The van der Waals surface area contributed by atoms with E-state index in [9.17, 15) is 4.79 Å². The van der Waals surface area contributed by atoms with Crippen molar-refractivity contribution in [3.05, 3.63) is 35.8 Å². The van der Waals surface area contributed by atoms with Crippen molar-refractivity contribution in [1.82, 2.24) is 0 Å². The number of carbonyl (C=O) groups excluding carboxylic acids is 1. The molecule has 1 heterocycles. The molecule has 4 aliphatic carbocycles. The average Bonchev–Trinajstić information content (AvgIpc) is 3.50. The van der Waals surface area contributed by atoms with Crippen LogP contribution in [0.2, 0.25) is 0 Å². The van der Waals surface area contributed by atoms with Crippen LogP contribution in [0.25, 0.3) is 0 Å². The highest BCUT2D eigenvalue weighted by atomic mass is 16.7. The topological polar surface area (TPSA) is 48.7 Å². The van der Waals surface area contributed by atoms with Crippen LogP contribution in [0.5, 0.6) is 0 Å². The molecule has 0 aromatic carbocycles. The Hall–Kier alpha value is -1.71. The molecule has 3 fully saturated rings. The molecular weight excluding hydrogens is 460 g/mol. The van der Waals surface area contributed by atoms with Crippen LogP contribution in [0.1, 0.15) is 111 Å². The van der Waals surface area contributed by atoms with Gasteiger partial charge < -0.3 is 13.9 Å². The maximum atomic E-state index is 12.3. The second kappa shape index (κ2) is 10.8. The molecule has 1 aromatic rings. The summed E-state index contributed by atoms with van der Waals surface area (Å²) in [5, 5.41) is 0. The van der Waals surface area contributed by atoms with Crippen LogP contribution < -0.4 is 0 Å². The lowest BCUT2D eigenvalue weighted by Gasteiger charge is -2.58. The van der Waals surface area contributed by atoms with Gasteiger partial charge in [0.1, 0.15) is 11.9 Å². The summed E-state index contributed by atoms with van der Waals surface area (Å²) in [5.41, 5.74) is 2.34. The van der Waals surface area contributed by atoms with Gasteiger partial charge in [0.15, 0.2) is 6.61 Å². The molecule has 4 nitrogen and oxygen atoms in total. The lowest BCUT2D eigenvalue weighted by molar-refractivity contribution is -0.0622. The van der Waals surface area contributed by atoms with Crippen molar-refractivity contribution in [3.8, 4) is 0 Å². The number of rotatable bonds is 8. The molecular formula is C33H50O4. The third-order valence-corrected chi connectivity index (χ3v) is 11.4. The van der Waals surface area contributed by atoms with E-state index in [1.807, 2.05) is 0 Å². The van der Waals surface area contributed by atoms with E-state index in [0.717, 1.165) is 54.8 Å². The van der Waals surface area contributed by atoms with Crippen molar-refractivity contribution in [3.63, 3.8) is 0 Å². The first-order valence-electron chi connectivity index (χ1n) is 15.3. The Morgan fingerprint density at radius 2 is 1.92 bits per heavy atom. The molecule has 3 saturated carbocycles. The van der Waals surface area contributed by atoms with Crippen LogP contribution in [0.15, 0.2) is 34.5 Å². The highest BCUT2D eigenvalue weighted by Crippen LogP contribution is 2.67. The fraction of sp³-hybridized carbons (Fsp3) is 0.788. The van der Waals surface area contributed by atoms with Crippen LogP contribution >= 0.6 is 0 Å². The Kier molecular flexibility index (Phi) is 7.85. The Labute approximate surface area is 224 Å². The number of furan rings is 1. The van der Waals surface area contributed by atoms with E-state index < -0.39 is 6.16 Å². The number of ether oxygens (including phenoxy) is 2. The number of hydrogen-bond acceptors (Lipinski definition) is 4. The minimum Gasteiger partial charge on any atom is -0.466 e. The van der Waals surface area contributed by atoms with Crippen LogP contribution in [0.4, 0.5) is 4.79 Å². The summed E-state index contributed by atoms with van der Waals surface area (Å²) in [7, 11) is 0. The highest BCUT2D eigenvalue weighted by Gasteiger charge is 2.59. The van der Waals surface area contributed by atoms with Gasteiger partial charge in [0.05, 0.1) is 6.26 Å². The van der Waals surface area contributed by atoms with Gasteiger partial charge in [-0.2, -0.15) is 0 Å². The van der Waals surface area contributed by atoms with Crippen molar-refractivity contribution in [2.75, 3.05) is 0 Å². The molecule has 0 spiro atoms. The number of allylic oxidation sites excluding steroid dienone is 1. The molecule has 0 saturated heterocycles. The molecule has 4 heteroatoms. The van der Waals surface area contributed by atoms with Crippen LogP contribution in [-0.4, -0.2) is 12.3 Å². The molecule has 0 unspecified atom stereocenters. The molecule has 0 amide bonds. The molecule has 5 rings (SSSR count). The summed E-state index contributed by atoms with van der Waals surface area (Å²) in [6.45, 7) is 12.6. The fourth-order valence-electron chi connectivity index (χ4n) is 9.45. The molecule has 0 radical (unpaired) electrons. The van der Waals surface area contributed by atoms with E-state index >= 15 is 0 Å². The van der Waals surface area contributed by atoms with Gasteiger partial charge in [-0.05, 0) is 103 Å². The molecule has 8 atom stereocenters. The van der Waals surface area contributed by atoms with Gasteiger partial charge in [-0.25, -0.2) is 4.79 Å². The molecule has 0 N–H and O–H groups in total. The summed E-state index contributed by atoms with van der Waals surface area (Å²) < 4.78 is 16.3. The minimum absolute atomic E-state index is 0.0728. The Morgan fingerprint density at radius 3 is 2.68 bits per heavy atom. The zero-order valence-corrected chi connectivity index (χ0v) is 24.0. The Bertz CT molecular complexity index is 948. The molecule has 37 heavy (non-hydrogen) atoms. The molecule has 0 aliphatic heterocycles. The number of hydrogen-bond donors (Lipinski definition) is 0. The predicted molar refractivity (Wildman–Crippen MR) is 147 cm³/mol. The van der Waals surface area contributed by atoms with Crippen LogP contribution in [-0.2, 0) is 16.1 Å². The predicted octanol–water partition coefficient (Wildman–Crippen LogP) is 9.34. The zero-order valence-electron chi connectivity index (χ0n) is 24.0. The summed E-state index contributed by atoms with van der Waals surface area (Å²) in [5.74, 6) is 5.72. The number of fused-ring (bicyclic) bond motifs is 5. The van der Waals surface area contributed by atoms with Gasteiger partial charge in [-0.15, -0.1) is 0 Å². The van der Waals surface area contributed by atoms with Gasteiger partial charge in [-0.3, -0.25) is 0 Å². The van der Waals surface area contributed by atoms with Gasteiger partial charge in [-0.1, -0.05) is 65.5 Å². The zero-order chi connectivity index (χ0) is 26.2. The Morgan fingerprint density at radius 1 is 1.08 bits per heavy atom. The lowest BCUT2D eigenvalue weighted by atomic mass is 9.47. The fourth-order valence-corrected chi connectivity index (χ4v) is 9.45. The first-order chi connectivity index (χ1) is 17.7.